The molecule has 2 aromatic carbocycles. The van der Waals surface area contributed by atoms with Crippen LogP contribution in [-0.2, 0) is 0 Å². The number of alkyl halides is 3. The highest BCUT2D eigenvalue weighted by Gasteiger charge is 2.31. The summed E-state index contributed by atoms with van der Waals surface area (Å²) in [5.74, 6) is 0.549. The van der Waals surface area contributed by atoms with Crippen LogP contribution in [0.2, 0.25) is 0 Å². The molecule has 0 aliphatic heterocycles. The standard InChI is InChI=1S/C21H22F3N5O2/c1-29(2)11-10-25-20-27-18(14-4-3-5-17(12-14)31-21(22,23)24)13-19(28-20)26-15-6-8-16(30)9-7-15/h3-9,12-13,30H,10-11H2,1-2H3,(H2,25,26,27,28). The van der Waals surface area contributed by atoms with E-state index in [2.05, 4.69) is 25.3 Å². The molecule has 0 aliphatic rings. The topological polar surface area (TPSA) is 82.5 Å². The van der Waals surface area contributed by atoms with Gasteiger partial charge in [-0.1, -0.05) is 12.1 Å². The van der Waals surface area contributed by atoms with Gasteiger partial charge in [-0.05, 0) is 50.5 Å². The molecule has 7 nitrogen and oxygen atoms in total. The molecule has 0 aliphatic carbocycles. The molecule has 1 heterocycles. The molecule has 0 radical (unpaired) electrons. The summed E-state index contributed by atoms with van der Waals surface area (Å²) in [5.41, 5.74) is 1.53. The first-order valence-corrected chi connectivity index (χ1v) is 9.38. The van der Waals surface area contributed by atoms with Crippen LogP contribution in [0.25, 0.3) is 11.3 Å². The van der Waals surface area contributed by atoms with Crippen LogP contribution in [0.1, 0.15) is 0 Å². The molecule has 0 unspecified atom stereocenters. The van der Waals surface area contributed by atoms with Gasteiger partial charge in [-0.25, -0.2) is 4.98 Å². The SMILES string of the molecule is CN(C)CCNc1nc(Nc2ccc(O)cc2)cc(-c2cccc(OC(F)(F)F)c2)n1. The molecule has 3 aromatic rings. The van der Waals surface area contributed by atoms with E-state index in [0.717, 1.165) is 6.54 Å². The first-order valence-electron chi connectivity index (χ1n) is 9.38. The molecule has 31 heavy (non-hydrogen) atoms. The Bertz CT molecular complexity index is 1010. The fraction of sp³-hybridized carbons (Fsp3) is 0.238. The van der Waals surface area contributed by atoms with Gasteiger partial charge in [-0.3, -0.25) is 0 Å². The van der Waals surface area contributed by atoms with E-state index in [-0.39, 0.29) is 11.5 Å². The Balaban J connectivity index is 1.92. The molecule has 0 saturated heterocycles. The molecule has 0 fully saturated rings. The van der Waals surface area contributed by atoms with E-state index in [1.54, 1.807) is 24.3 Å². The first kappa shape index (κ1) is 22.2. The largest absolute Gasteiger partial charge is 0.573 e. The molecule has 10 heteroatoms. The Hall–Kier alpha value is -3.53. The molecular weight excluding hydrogens is 411 g/mol. The normalized spacial score (nSPS) is 11.4. The van der Waals surface area contributed by atoms with Crippen molar-refractivity contribution in [2.75, 3.05) is 37.8 Å². The smallest absolute Gasteiger partial charge is 0.508 e. The number of benzene rings is 2. The second-order valence-electron chi connectivity index (χ2n) is 6.94. The fourth-order valence-corrected chi connectivity index (χ4v) is 2.67. The molecule has 1 aromatic heterocycles. The first-order chi connectivity index (χ1) is 14.7. The van der Waals surface area contributed by atoms with E-state index in [4.69, 9.17) is 0 Å². The van der Waals surface area contributed by atoms with Crippen molar-refractivity contribution in [1.82, 2.24) is 14.9 Å². The van der Waals surface area contributed by atoms with E-state index in [9.17, 15) is 18.3 Å². The number of rotatable bonds is 8. The van der Waals surface area contributed by atoms with Crippen molar-refractivity contribution < 1.29 is 23.0 Å². The molecule has 0 atom stereocenters. The summed E-state index contributed by atoms with van der Waals surface area (Å²) in [6.45, 7) is 1.32. The minimum atomic E-state index is -4.78. The van der Waals surface area contributed by atoms with E-state index in [0.29, 0.717) is 35.3 Å². The molecule has 164 valence electrons. The lowest BCUT2D eigenvalue weighted by molar-refractivity contribution is -0.274. The molecular formula is C21H22F3N5O2. The highest BCUT2D eigenvalue weighted by Crippen LogP contribution is 2.29. The Morgan fingerprint density at radius 2 is 1.77 bits per heavy atom. The number of aromatic nitrogens is 2. The number of likely N-dealkylation sites (N-methyl/N-ethyl adjacent to an activating group) is 1. The van der Waals surface area contributed by atoms with E-state index in [1.807, 2.05) is 19.0 Å². The summed E-state index contributed by atoms with van der Waals surface area (Å²) in [4.78, 5) is 10.9. The molecule has 0 saturated carbocycles. The number of aromatic hydroxyl groups is 1. The van der Waals surface area contributed by atoms with Crippen LogP contribution in [0.5, 0.6) is 11.5 Å². The van der Waals surface area contributed by atoms with Crippen LogP contribution in [0.15, 0.2) is 54.6 Å². The number of anilines is 3. The maximum Gasteiger partial charge on any atom is 0.573 e. The van der Waals surface area contributed by atoms with Gasteiger partial charge in [0.15, 0.2) is 0 Å². The Kier molecular flexibility index (Phi) is 6.81. The van der Waals surface area contributed by atoms with Crippen LogP contribution >= 0.6 is 0 Å². The summed E-state index contributed by atoms with van der Waals surface area (Å²) >= 11 is 0. The summed E-state index contributed by atoms with van der Waals surface area (Å²) in [6.07, 6.45) is -4.78. The Morgan fingerprint density at radius 1 is 1.03 bits per heavy atom. The number of nitrogens with one attached hydrogen (secondary N) is 2. The van der Waals surface area contributed by atoms with E-state index < -0.39 is 6.36 Å². The van der Waals surface area contributed by atoms with Gasteiger partial charge >= 0.3 is 6.36 Å². The second kappa shape index (κ2) is 9.52. The molecule has 0 bridgehead atoms. The number of hydrogen-bond acceptors (Lipinski definition) is 7. The van der Waals surface area contributed by atoms with Gasteiger partial charge in [0, 0.05) is 30.4 Å². The van der Waals surface area contributed by atoms with Gasteiger partial charge < -0.3 is 25.4 Å². The monoisotopic (exact) mass is 433 g/mol. The highest BCUT2D eigenvalue weighted by atomic mass is 19.4. The van der Waals surface area contributed by atoms with E-state index >= 15 is 0 Å². The Labute approximate surface area is 177 Å². The molecule has 3 rings (SSSR count). The van der Waals surface area contributed by atoms with E-state index in [1.165, 1.54) is 30.3 Å². The lowest BCUT2D eigenvalue weighted by Crippen LogP contribution is -2.21. The lowest BCUT2D eigenvalue weighted by Gasteiger charge is -2.14. The minimum Gasteiger partial charge on any atom is -0.508 e. The number of nitrogens with zero attached hydrogens (tertiary/aromatic N) is 3. The number of hydrogen-bond donors (Lipinski definition) is 3. The zero-order valence-corrected chi connectivity index (χ0v) is 16.9. The summed E-state index contributed by atoms with van der Waals surface area (Å²) in [5, 5.41) is 15.7. The van der Waals surface area contributed by atoms with Crippen molar-refractivity contribution >= 4 is 17.5 Å². The van der Waals surface area contributed by atoms with Crippen molar-refractivity contribution in [2.24, 2.45) is 0 Å². The Morgan fingerprint density at radius 3 is 2.45 bits per heavy atom. The van der Waals surface area contributed by atoms with Crippen LogP contribution in [-0.4, -0.2) is 53.5 Å². The zero-order chi connectivity index (χ0) is 22.4. The average Bonchev–Trinajstić information content (AvgIpc) is 2.68. The molecule has 3 N–H and O–H groups in total. The fourth-order valence-electron chi connectivity index (χ4n) is 2.67. The predicted octanol–water partition coefficient (Wildman–Crippen LogP) is 4.46. The number of halogens is 3. The number of phenolic OH excluding ortho intramolecular Hbond substituents is 1. The summed E-state index contributed by atoms with van der Waals surface area (Å²) < 4.78 is 41.8. The van der Waals surface area contributed by atoms with Gasteiger partial charge in [0.1, 0.15) is 17.3 Å². The lowest BCUT2D eigenvalue weighted by atomic mass is 10.1. The van der Waals surface area contributed by atoms with Gasteiger partial charge in [0.05, 0.1) is 5.69 Å². The zero-order valence-electron chi connectivity index (χ0n) is 16.9. The average molecular weight is 433 g/mol. The van der Waals surface area contributed by atoms with Gasteiger partial charge in [-0.15, -0.1) is 13.2 Å². The summed E-state index contributed by atoms with van der Waals surface area (Å²) in [6, 6.07) is 13.6. The van der Waals surface area contributed by atoms with Crippen molar-refractivity contribution in [1.29, 1.82) is 0 Å². The van der Waals surface area contributed by atoms with Crippen molar-refractivity contribution in [3.8, 4) is 22.8 Å². The van der Waals surface area contributed by atoms with Crippen LogP contribution in [0.4, 0.5) is 30.6 Å². The maximum atomic E-state index is 12.6. The second-order valence-corrected chi connectivity index (χ2v) is 6.94. The van der Waals surface area contributed by atoms with Gasteiger partial charge in [-0.2, -0.15) is 4.98 Å². The third kappa shape index (κ3) is 7.03. The van der Waals surface area contributed by atoms with Crippen LogP contribution in [0, 0.1) is 0 Å². The molecule has 0 spiro atoms. The van der Waals surface area contributed by atoms with Gasteiger partial charge in [0.2, 0.25) is 5.95 Å². The molecule has 0 amide bonds. The third-order valence-corrected chi connectivity index (χ3v) is 4.07. The number of phenols is 1. The maximum absolute atomic E-state index is 12.6. The van der Waals surface area contributed by atoms with Crippen molar-refractivity contribution in [3.63, 3.8) is 0 Å². The summed E-state index contributed by atoms with van der Waals surface area (Å²) in [7, 11) is 3.87. The quantitative estimate of drug-likeness (QED) is 0.452. The third-order valence-electron chi connectivity index (χ3n) is 4.07. The van der Waals surface area contributed by atoms with Crippen LogP contribution < -0.4 is 15.4 Å². The van der Waals surface area contributed by atoms with Crippen LogP contribution in [0.3, 0.4) is 0 Å². The minimum absolute atomic E-state index is 0.126. The van der Waals surface area contributed by atoms with Crippen molar-refractivity contribution in [2.45, 2.75) is 6.36 Å². The van der Waals surface area contributed by atoms with Crippen molar-refractivity contribution in [3.05, 3.63) is 54.6 Å². The predicted molar refractivity (Wildman–Crippen MR) is 113 cm³/mol. The van der Waals surface area contributed by atoms with Gasteiger partial charge in [0.25, 0.3) is 0 Å². The highest BCUT2D eigenvalue weighted by molar-refractivity contribution is 5.68. The number of ether oxygens (including phenoxy) is 1.